The number of hydrogen-bond acceptors (Lipinski definition) is 13. The van der Waals surface area contributed by atoms with Gasteiger partial charge in [-0.3, -0.25) is 4.79 Å². The Bertz CT molecular complexity index is 2360. The molecule has 15 nitrogen and oxygen atoms in total. The molecular formula is C38H48N2O13S3-2. The van der Waals surface area contributed by atoms with Crippen LogP contribution in [0.1, 0.15) is 77.2 Å². The van der Waals surface area contributed by atoms with Crippen LogP contribution in [-0.2, 0) is 50.7 Å². The highest BCUT2D eigenvalue weighted by atomic mass is 32.2. The van der Waals surface area contributed by atoms with Gasteiger partial charge in [0.05, 0.1) is 50.8 Å². The van der Waals surface area contributed by atoms with Gasteiger partial charge in [-0.15, -0.1) is 0 Å². The molecule has 1 aromatic rings. The molecule has 4 rings (SSSR count). The number of rotatable bonds is 18. The van der Waals surface area contributed by atoms with Gasteiger partial charge in [-0.05, 0) is 85.7 Å². The predicted octanol–water partition coefficient (Wildman–Crippen LogP) is 3.81. The standard InChI is InChI=1S/C38H50N2O13S3/c1-6-39(18-9-23-55(46,47)48)27-12-14-30-31(37(2,3)4)25-28(53-34(30)24-27)10-7-11-35-38(5,17-8-22-54(43,44)45)32-26-29(56(49,50)51)13-15-33(32)40(35)19-21-52-20-16-36(41)42/h7,10-15,24-26H,6,8-9,16-23H2,1-5H3,(H3-,41,42,43,44,45,46,47,48,49,50,51)/p-2. The summed E-state index contributed by atoms with van der Waals surface area (Å²) in [4.78, 5) is 12.4. The van der Waals surface area contributed by atoms with E-state index in [0.29, 0.717) is 41.6 Å². The lowest BCUT2D eigenvalue weighted by Crippen LogP contribution is -2.31. The molecular weight excluding hydrogens is 789 g/mol. The van der Waals surface area contributed by atoms with Crippen LogP contribution in [-0.4, -0.2) is 94.3 Å². The zero-order chi connectivity index (χ0) is 41.7. The fraction of sp³-hybridized carbons (Fsp3) is 0.474. The van der Waals surface area contributed by atoms with Gasteiger partial charge in [0.2, 0.25) is 5.36 Å². The third-order valence-corrected chi connectivity index (χ3v) is 12.1. The summed E-state index contributed by atoms with van der Waals surface area (Å²) in [6, 6.07) is 11.6. The molecule has 0 bridgehead atoms. The average molecular weight is 837 g/mol. The minimum absolute atomic E-state index is 0.0552. The van der Waals surface area contributed by atoms with E-state index < -0.39 is 58.1 Å². The molecule has 0 saturated carbocycles. The maximum atomic E-state index is 12.1. The number of nitrogens with zero attached hydrogens (tertiary/aromatic N) is 2. The molecule has 0 fully saturated rings. The first kappa shape index (κ1) is 44.8. The Labute approximate surface area is 328 Å². The van der Waals surface area contributed by atoms with E-state index in [1.165, 1.54) is 18.2 Å². The van der Waals surface area contributed by atoms with Crippen molar-refractivity contribution in [3.8, 4) is 11.3 Å². The lowest BCUT2D eigenvalue weighted by atomic mass is 9.77. The van der Waals surface area contributed by atoms with Crippen LogP contribution in [0.25, 0.3) is 17.4 Å². The summed E-state index contributed by atoms with van der Waals surface area (Å²) in [7, 11) is -13.8. The molecule has 0 saturated heterocycles. The lowest BCUT2D eigenvalue weighted by molar-refractivity contribution is -0.138. The van der Waals surface area contributed by atoms with Crippen molar-refractivity contribution in [2.45, 2.75) is 76.0 Å². The summed E-state index contributed by atoms with van der Waals surface area (Å²) < 4.78 is 119. The molecule has 0 amide bonds. The second-order valence-corrected chi connectivity index (χ2v) is 19.3. The number of carboxylic acids is 1. The van der Waals surface area contributed by atoms with E-state index in [-0.39, 0.29) is 50.9 Å². The second-order valence-electron chi connectivity index (χ2n) is 14.8. The molecule has 1 N–H and O–H groups in total. The van der Waals surface area contributed by atoms with Crippen molar-refractivity contribution >= 4 is 48.1 Å². The first-order valence-corrected chi connectivity index (χ1v) is 22.6. The molecule has 0 spiro atoms. The van der Waals surface area contributed by atoms with E-state index >= 15 is 0 Å². The first-order valence-electron chi connectivity index (χ1n) is 18.0. The van der Waals surface area contributed by atoms with Crippen molar-refractivity contribution in [2.75, 3.05) is 49.3 Å². The fourth-order valence-corrected chi connectivity index (χ4v) is 8.42. The Balaban J connectivity index is 1.85. The molecule has 1 aliphatic carbocycles. The number of anilines is 1. The quantitative estimate of drug-likeness (QED) is 0.109. The van der Waals surface area contributed by atoms with Crippen molar-refractivity contribution in [1.82, 2.24) is 4.58 Å². The maximum absolute atomic E-state index is 12.1. The molecule has 1 unspecified atom stereocenters. The number of aliphatic carboxylic acids is 1. The van der Waals surface area contributed by atoms with E-state index in [0.717, 1.165) is 16.5 Å². The van der Waals surface area contributed by atoms with Crippen LogP contribution in [0.15, 0.2) is 69.6 Å². The van der Waals surface area contributed by atoms with Crippen molar-refractivity contribution in [2.24, 2.45) is 0 Å². The molecule has 56 heavy (non-hydrogen) atoms. The summed E-state index contributed by atoms with van der Waals surface area (Å²) in [5, 5.41) is 9.80. The monoisotopic (exact) mass is 836 g/mol. The van der Waals surface area contributed by atoms with Crippen molar-refractivity contribution in [1.29, 1.82) is 0 Å². The highest BCUT2D eigenvalue weighted by Crippen LogP contribution is 2.51. The van der Waals surface area contributed by atoms with Gasteiger partial charge < -0.3 is 32.8 Å². The lowest BCUT2D eigenvalue weighted by Gasteiger charge is -2.30. The van der Waals surface area contributed by atoms with E-state index in [1.807, 2.05) is 40.7 Å². The van der Waals surface area contributed by atoms with Crippen LogP contribution in [0.3, 0.4) is 0 Å². The van der Waals surface area contributed by atoms with Gasteiger partial charge in [-0.2, -0.15) is 0 Å². The Morgan fingerprint density at radius 3 is 2.25 bits per heavy atom. The minimum atomic E-state index is -4.87. The second kappa shape index (κ2) is 17.7. The summed E-state index contributed by atoms with van der Waals surface area (Å²) >= 11 is 0. The molecule has 308 valence electrons. The van der Waals surface area contributed by atoms with E-state index in [4.69, 9.17) is 14.3 Å². The van der Waals surface area contributed by atoms with E-state index in [1.54, 1.807) is 25.2 Å². The fourth-order valence-electron chi connectivity index (χ4n) is 6.94. The summed E-state index contributed by atoms with van der Waals surface area (Å²) in [6.45, 7) is 10.9. The Hall–Kier alpha value is -3.91. The van der Waals surface area contributed by atoms with Crippen LogP contribution in [0.5, 0.6) is 0 Å². The zero-order valence-electron chi connectivity index (χ0n) is 32.0. The van der Waals surface area contributed by atoms with Gasteiger partial charge in [0.1, 0.15) is 34.7 Å². The average Bonchev–Trinajstić information content (AvgIpc) is 3.30. The van der Waals surface area contributed by atoms with Gasteiger partial charge >= 0.3 is 5.97 Å². The number of carbonyl (C=O) groups is 1. The van der Waals surface area contributed by atoms with Crippen molar-refractivity contribution in [3.05, 3.63) is 82.6 Å². The van der Waals surface area contributed by atoms with Gasteiger partial charge in [-0.25, -0.2) is 29.8 Å². The third kappa shape index (κ3) is 11.8. The molecule has 2 aliphatic heterocycles. The Morgan fingerprint density at radius 2 is 1.64 bits per heavy atom. The Morgan fingerprint density at radius 1 is 0.964 bits per heavy atom. The van der Waals surface area contributed by atoms with Gasteiger partial charge in [0, 0.05) is 52.9 Å². The normalized spacial score (nSPS) is 17.9. The SMILES string of the molecule is CC[N+](CCCS(=O)(=O)[O-])=c1ccc2c(C(C)(C)C)cc(/C=C/C=C3/N(CCOCCC(=O)O)c4ccc(S(=O)(=O)[O-])cc4C3(C)CCCS(=O)(=O)[O-])oc-2c1. The summed E-state index contributed by atoms with van der Waals surface area (Å²) in [5.41, 5.74) is 1.95. The molecule has 18 heteroatoms. The van der Waals surface area contributed by atoms with Crippen LogP contribution in [0.4, 0.5) is 5.69 Å². The first-order chi connectivity index (χ1) is 25.9. The van der Waals surface area contributed by atoms with Gasteiger partial charge in [-0.1, -0.05) is 26.8 Å². The number of fused-ring (bicyclic) bond motifs is 2. The predicted molar refractivity (Wildman–Crippen MR) is 207 cm³/mol. The number of ether oxygens (including phenoxy) is 1. The summed E-state index contributed by atoms with van der Waals surface area (Å²) in [5.74, 6) is -1.15. The molecule has 2 heterocycles. The van der Waals surface area contributed by atoms with Crippen LogP contribution in [0.2, 0.25) is 0 Å². The Kier molecular flexibility index (Phi) is 14.2. The smallest absolute Gasteiger partial charge is 0.305 e. The van der Waals surface area contributed by atoms with E-state index in [2.05, 4.69) is 20.8 Å². The summed E-state index contributed by atoms with van der Waals surface area (Å²) in [6.07, 6.45) is 5.16. The maximum Gasteiger partial charge on any atom is 0.305 e. The molecule has 0 radical (unpaired) electrons. The molecule has 1 atom stereocenters. The van der Waals surface area contributed by atoms with Gasteiger partial charge in [0.25, 0.3) is 0 Å². The van der Waals surface area contributed by atoms with Crippen molar-refractivity contribution in [3.63, 3.8) is 0 Å². The highest BCUT2D eigenvalue weighted by molar-refractivity contribution is 7.86. The topological polar surface area (TPSA) is 238 Å². The van der Waals surface area contributed by atoms with Gasteiger partial charge in [0.15, 0.2) is 0 Å². The third-order valence-electron chi connectivity index (χ3n) is 9.65. The number of hydrogen-bond donors (Lipinski definition) is 1. The van der Waals surface area contributed by atoms with E-state index in [9.17, 15) is 43.7 Å². The number of allylic oxidation sites excluding steroid dienone is 3. The minimum Gasteiger partial charge on any atom is -0.748 e. The highest BCUT2D eigenvalue weighted by Gasteiger charge is 2.43. The number of benzene rings is 2. The van der Waals surface area contributed by atoms with Crippen LogP contribution >= 0.6 is 0 Å². The van der Waals surface area contributed by atoms with Crippen LogP contribution < -0.4 is 14.8 Å². The molecule has 3 aliphatic rings. The number of carboxylic acid groups (broad SMARTS) is 1. The zero-order valence-corrected chi connectivity index (χ0v) is 34.5. The van der Waals surface area contributed by atoms with Crippen molar-refractivity contribution < 1.29 is 58.0 Å². The van der Waals surface area contributed by atoms with Crippen LogP contribution in [0, 0.1) is 0 Å². The molecule has 0 aromatic heterocycles. The molecule has 1 aromatic carbocycles. The largest absolute Gasteiger partial charge is 0.748 e.